The fourth-order valence-corrected chi connectivity index (χ4v) is 3.55. The molecule has 0 radical (unpaired) electrons. The quantitative estimate of drug-likeness (QED) is 0.595. The standard InChI is InChI=1S/C10H19BrOS/c1-6(2)8-5-7(3-4-11)9(12)10(8)13/h6-10,12-13H,3-5H2,1-2H3. The topological polar surface area (TPSA) is 20.2 Å². The van der Waals surface area contributed by atoms with Crippen molar-refractivity contribution in [3.05, 3.63) is 0 Å². The predicted molar refractivity (Wildman–Crippen MR) is 63.6 cm³/mol. The van der Waals surface area contributed by atoms with Crippen LogP contribution >= 0.6 is 28.6 Å². The van der Waals surface area contributed by atoms with Crippen LogP contribution in [0.4, 0.5) is 0 Å². The highest BCUT2D eigenvalue weighted by Gasteiger charge is 2.40. The van der Waals surface area contributed by atoms with Gasteiger partial charge in [0.1, 0.15) is 0 Å². The maximum atomic E-state index is 9.91. The molecule has 1 saturated carbocycles. The van der Waals surface area contributed by atoms with E-state index in [-0.39, 0.29) is 11.4 Å². The minimum absolute atomic E-state index is 0.184. The molecule has 0 saturated heterocycles. The molecular formula is C10H19BrOS. The van der Waals surface area contributed by atoms with Gasteiger partial charge >= 0.3 is 0 Å². The molecule has 1 aliphatic rings. The van der Waals surface area contributed by atoms with Gasteiger partial charge in [0.05, 0.1) is 6.10 Å². The Hall–Kier alpha value is 0.790. The maximum absolute atomic E-state index is 9.91. The lowest BCUT2D eigenvalue weighted by molar-refractivity contribution is 0.134. The normalized spacial score (nSPS) is 40.2. The summed E-state index contributed by atoms with van der Waals surface area (Å²) in [7, 11) is 0. The fraction of sp³-hybridized carbons (Fsp3) is 1.00. The molecule has 13 heavy (non-hydrogen) atoms. The van der Waals surface area contributed by atoms with Gasteiger partial charge in [0.2, 0.25) is 0 Å². The van der Waals surface area contributed by atoms with Crippen LogP contribution < -0.4 is 0 Å². The Balaban J connectivity index is 2.56. The highest BCUT2D eigenvalue weighted by molar-refractivity contribution is 9.09. The van der Waals surface area contributed by atoms with Gasteiger partial charge in [-0.2, -0.15) is 12.6 Å². The second-order valence-electron chi connectivity index (χ2n) is 4.36. The summed E-state index contributed by atoms with van der Waals surface area (Å²) in [5.74, 6) is 1.68. The zero-order chi connectivity index (χ0) is 10.0. The summed E-state index contributed by atoms with van der Waals surface area (Å²) in [5.41, 5.74) is 0. The van der Waals surface area contributed by atoms with Crippen molar-refractivity contribution in [3.8, 4) is 0 Å². The molecule has 0 spiro atoms. The van der Waals surface area contributed by atoms with Crippen LogP contribution in [0.25, 0.3) is 0 Å². The SMILES string of the molecule is CC(C)C1CC(CCBr)C(O)C1S. The third-order valence-electron chi connectivity index (χ3n) is 3.18. The van der Waals surface area contributed by atoms with E-state index in [1.54, 1.807) is 0 Å². The first-order valence-electron chi connectivity index (χ1n) is 5.00. The molecule has 4 unspecified atom stereocenters. The molecule has 0 bridgehead atoms. The lowest BCUT2D eigenvalue weighted by Gasteiger charge is -2.19. The summed E-state index contributed by atoms with van der Waals surface area (Å²) in [4.78, 5) is 0. The van der Waals surface area contributed by atoms with Gasteiger partial charge in [-0.25, -0.2) is 0 Å². The van der Waals surface area contributed by atoms with E-state index >= 15 is 0 Å². The average molecular weight is 267 g/mol. The molecule has 1 fully saturated rings. The summed E-state index contributed by atoms with van der Waals surface area (Å²) < 4.78 is 0. The third kappa shape index (κ3) is 2.63. The number of hydrogen-bond acceptors (Lipinski definition) is 2. The molecule has 0 aromatic carbocycles. The van der Waals surface area contributed by atoms with Crippen molar-refractivity contribution in [1.29, 1.82) is 0 Å². The van der Waals surface area contributed by atoms with Gasteiger partial charge in [-0.15, -0.1) is 0 Å². The van der Waals surface area contributed by atoms with E-state index in [1.807, 2.05) is 0 Å². The van der Waals surface area contributed by atoms with E-state index < -0.39 is 0 Å². The summed E-state index contributed by atoms with van der Waals surface area (Å²) in [6.07, 6.45) is 2.01. The van der Waals surface area contributed by atoms with Gasteiger partial charge in [-0.05, 0) is 30.6 Å². The number of rotatable bonds is 3. The van der Waals surface area contributed by atoms with Gasteiger partial charge in [0, 0.05) is 10.6 Å². The van der Waals surface area contributed by atoms with Crippen LogP contribution in [-0.2, 0) is 0 Å². The Kier molecular flexibility index (Phi) is 4.59. The number of hydrogen-bond donors (Lipinski definition) is 2. The van der Waals surface area contributed by atoms with Crippen LogP contribution in [0.3, 0.4) is 0 Å². The van der Waals surface area contributed by atoms with E-state index in [1.165, 1.54) is 0 Å². The third-order valence-corrected chi connectivity index (χ3v) is 4.33. The average Bonchev–Trinajstić information content (AvgIpc) is 2.33. The number of halogens is 1. The molecule has 3 heteroatoms. The molecule has 0 aliphatic heterocycles. The smallest absolute Gasteiger partial charge is 0.0687 e. The van der Waals surface area contributed by atoms with Crippen molar-refractivity contribution < 1.29 is 5.11 Å². The Morgan fingerprint density at radius 3 is 2.54 bits per heavy atom. The molecular weight excluding hydrogens is 248 g/mol. The van der Waals surface area contributed by atoms with Gasteiger partial charge < -0.3 is 5.11 Å². The molecule has 78 valence electrons. The lowest BCUT2D eigenvalue weighted by Crippen LogP contribution is -2.25. The first-order valence-corrected chi connectivity index (χ1v) is 6.63. The van der Waals surface area contributed by atoms with Crippen LogP contribution in [0, 0.1) is 17.8 Å². The molecule has 0 aromatic rings. The largest absolute Gasteiger partial charge is 0.392 e. The molecule has 0 amide bonds. The van der Waals surface area contributed by atoms with Gasteiger partial charge in [-0.1, -0.05) is 29.8 Å². The van der Waals surface area contributed by atoms with Crippen LogP contribution in [0.1, 0.15) is 26.7 Å². The van der Waals surface area contributed by atoms with Crippen molar-refractivity contribution in [2.24, 2.45) is 17.8 Å². The van der Waals surface area contributed by atoms with Gasteiger partial charge in [-0.3, -0.25) is 0 Å². The molecule has 1 rings (SSSR count). The lowest BCUT2D eigenvalue weighted by atomic mass is 9.92. The van der Waals surface area contributed by atoms with Crippen LogP contribution in [-0.4, -0.2) is 21.8 Å². The van der Waals surface area contributed by atoms with Crippen molar-refractivity contribution >= 4 is 28.6 Å². The van der Waals surface area contributed by atoms with Crippen LogP contribution in [0.2, 0.25) is 0 Å². The number of thiol groups is 1. The number of aliphatic hydroxyl groups is 1. The van der Waals surface area contributed by atoms with E-state index in [0.717, 1.165) is 18.2 Å². The van der Waals surface area contributed by atoms with E-state index in [4.69, 9.17) is 0 Å². The van der Waals surface area contributed by atoms with Crippen LogP contribution in [0.15, 0.2) is 0 Å². The Labute approximate surface area is 94.8 Å². The second kappa shape index (κ2) is 5.04. The zero-order valence-electron chi connectivity index (χ0n) is 8.28. The summed E-state index contributed by atoms with van der Waals surface area (Å²) in [6.45, 7) is 4.44. The number of aliphatic hydroxyl groups excluding tert-OH is 1. The summed E-state index contributed by atoms with van der Waals surface area (Å²) in [5, 5.41) is 11.1. The summed E-state index contributed by atoms with van der Waals surface area (Å²) >= 11 is 7.94. The molecule has 0 aromatic heterocycles. The van der Waals surface area contributed by atoms with E-state index in [2.05, 4.69) is 42.4 Å². The van der Waals surface area contributed by atoms with Gasteiger partial charge in [0.25, 0.3) is 0 Å². The zero-order valence-corrected chi connectivity index (χ0v) is 10.8. The fourth-order valence-electron chi connectivity index (χ4n) is 2.26. The van der Waals surface area contributed by atoms with Crippen LogP contribution in [0.5, 0.6) is 0 Å². The molecule has 0 heterocycles. The first kappa shape index (κ1) is 11.9. The van der Waals surface area contributed by atoms with Crippen molar-refractivity contribution in [2.45, 2.75) is 38.0 Å². The molecule has 1 aliphatic carbocycles. The second-order valence-corrected chi connectivity index (χ2v) is 5.75. The van der Waals surface area contributed by atoms with Crippen molar-refractivity contribution in [2.75, 3.05) is 5.33 Å². The monoisotopic (exact) mass is 266 g/mol. The van der Waals surface area contributed by atoms with Gasteiger partial charge in [0.15, 0.2) is 0 Å². The van der Waals surface area contributed by atoms with E-state index in [0.29, 0.717) is 17.8 Å². The first-order chi connectivity index (χ1) is 6.07. The maximum Gasteiger partial charge on any atom is 0.0687 e. The number of alkyl halides is 1. The molecule has 1 nitrogen and oxygen atoms in total. The highest BCUT2D eigenvalue weighted by Crippen LogP contribution is 2.40. The van der Waals surface area contributed by atoms with Crippen molar-refractivity contribution in [3.63, 3.8) is 0 Å². The van der Waals surface area contributed by atoms with Crippen molar-refractivity contribution in [1.82, 2.24) is 0 Å². The Morgan fingerprint density at radius 2 is 2.15 bits per heavy atom. The minimum atomic E-state index is -0.201. The Bertz CT molecular complexity index is 163. The highest BCUT2D eigenvalue weighted by atomic mass is 79.9. The molecule has 1 N–H and O–H groups in total. The summed E-state index contributed by atoms with van der Waals surface area (Å²) in [6, 6.07) is 0. The minimum Gasteiger partial charge on any atom is -0.392 e. The predicted octanol–water partition coefficient (Wildman–Crippen LogP) is 2.72. The van der Waals surface area contributed by atoms with E-state index in [9.17, 15) is 5.11 Å². The Morgan fingerprint density at radius 1 is 1.54 bits per heavy atom. The molecule has 4 atom stereocenters.